The number of aromatic nitrogens is 6. The van der Waals surface area contributed by atoms with E-state index in [0.717, 1.165) is 34.2 Å². The summed E-state index contributed by atoms with van der Waals surface area (Å²) in [4.78, 5) is 26.9. The lowest BCUT2D eigenvalue weighted by Crippen LogP contribution is -2.40. The maximum Gasteiger partial charge on any atom is 0.223 e. The SMILES string of the molecule is C[C@H]1CN(C(=O)CCc2nc3ccccc3[nH]2)Cc2nnc(-c3ccccn3)n21. The molecule has 1 aliphatic rings. The van der Waals surface area contributed by atoms with Crippen molar-refractivity contribution in [3.05, 3.63) is 60.3 Å². The average molecular weight is 387 g/mol. The normalized spacial score (nSPS) is 16.2. The Morgan fingerprint density at radius 3 is 2.86 bits per heavy atom. The summed E-state index contributed by atoms with van der Waals surface area (Å²) in [5, 5.41) is 8.65. The van der Waals surface area contributed by atoms with Gasteiger partial charge in [0, 0.05) is 25.6 Å². The van der Waals surface area contributed by atoms with Gasteiger partial charge in [-0.05, 0) is 31.2 Å². The van der Waals surface area contributed by atoms with Crippen molar-refractivity contribution in [3.63, 3.8) is 0 Å². The number of aryl methyl sites for hydroxylation is 1. The van der Waals surface area contributed by atoms with Crippen molar-refractivity contribution in [1.82, 2.24) is 34.6 Å². The molecule has 146 valence electrons. The predicted molar refractivity (Wildman–Crippen MR) is 108 cm³/mol. The van der Waals surface area contributed by atoms with Gasteiger partial charge in [0.2, 0.25) is 5.91 Å². The second-order valence-electron chi connectivity index (χ2n) is 7.35. The molecule has 1 aromatic carbocycles. The number of benzene rings is 1. The first-order chi connectivity index (χ1) is 14.2. The molecule has 5 rings (SSSR count). The Kier molecular flexibility index (Phi) is 4.31. The van der Waals surface area contributed by atoms with Crippen LogP contribution in [0.25, 0.3) is 22.6 Å². The van der Waals surface area contributed by atoms with E-state index in [1.165, 1.54) is 0 Å². The van der Waals surface area contributed by atoms with Crippen molar-refractivity contribution in [1.29, 1.82) is 0 Å². The molecule has 29 heavy (non-hydrogen) atoms. The van der Waals surface area contributed by atoms with Crippen molar-refractivity contribution in [2.75, 3.05) is 6.54 Å². The second kappa shape index (κ2) is 7.12. The van der Waals surface area contributed by atoms with Gasteiger partial charge in [0.25, 0.3) is 0 Å². The quantitative estimate of drug-likeness (QED) is 0.581. The van der Waals surface area contributed by atoms with E-state index in [1.54, 1.807) is 6.20 Å². The van der Waals surface area contributed by atoms with Gasteiger partial charge in [-0.2, -0.15) is 0 Å². The molecule has 0 bridgehead atoms. The van der Waals surface area contributed by atoms with E-state index in [1.807, 2.05) is 47.4 Å². The number of nitrogens with zero attached hydrogens (tertiary/aromatic N) is 6. The van der Waals surface area contributed by atoms with Crippen LogP contribution in [0.3, 0.4) is 0 Å². The van der Waals surface area contributed by atoms with Gasteiger partial charge in [-0.15, -0.1) is 10.2 Å². The van der Waals surface area contributed by atoms with Crippen molar-refractivity contribution in [2.45, 2.75) is 32.4 Å². The smallest absolute Gasteiger partial charge is 0.223 e. The zero-order valence-corrected chi connectivity index (χ0v) is 16.1. The first kappa shape index (κ1) is 17.5. The minimum Gasteiger partial charge on any atom is -0.342 e. The number of carbonyl (C=O) groups is 1. The molecular weight excluding hydrogens is 366 g/mol. The van der Waals surface area contributed by atoms with Crippen LogP contribution in [0.2, 0.25) is 0 Å². The Labute approximate surface area is 167 Å². The molecule has 1 atom stereocenters. The van der Waals surface area contributed by atoms with E-state index < -0.39 is 0 Å². The molecular formula is C21H21N7O. The number of pyridine rings is 1. The molecule has 0 fully saturated rings. The van der Waals surface area contributed by atoms with Crippen molar-refractivity contribution in [3.8, 4) is 11.5 Å². The molecule has 0 aliphatic carbocycles. The van der Waals surface area contributed by atoms with Gasteiger partial charge in [0.05, 0.1) is 23.6 Å². The molecule has 1 N–H and O–H groups in total. The monoisotopic (exact) mass is 387 g/mol. The highest BCUT2D eigenvalue weighted by atomic mass is 16.2. The summed E-state index contributed by atoms with van der Waals surface area (Å²) < 4.78 is 2.09. The van der Waals surface area contributed by atoms with Crippen LogP contribution in [-0.4, -0.2) is 47.1 Å². The van der Waals surface area contributed by atoms with Crippen molar-refractivity contribution in [2.24, 2.45) is 0 Å². The summed E-state index contributed by atoms with van der Waals surface area (Å²) in [5.41, 5.74) is 2.72. The van der Waals surface area contributed by atoms with Crippen LogP contribution in [0, 0.1) is 0 Å². The Morgan fingerprint density at radius 2 is 2.03 bits per heavy atom. The summed E-state index contributed by atoms with van der Waals surface area (Å²) in [6.45, 7) is 3.17. The number of para-hydroxylation sites is 2. The molecule has 0 radical (unpaired) electrons. The third-order valence-corrected chi connectivity index (χ3v) is 5.28. The highest BCUT2D eigenvalue weighted by Crippen LogP contribution is 2.26. The van der Waals surface area contributed by atoms with E-state index >= 15 is 0 Å². The second-order valence-corrected chi connectivity index (χ2v) is 7.35. The first-order valence-corrected chi connectivity index (χ1v) is 9.75. The molecule has 0 spiro atoms. The summed E-state index contributed by atoms with van der Waals surface area (Å²) in [6, 6.07) is 13.7. The number of H-pyrrole nitrogens is 1. The number of rotatable bonds is 4. The molecule has 3 aromatic heterocycles. The van der Waals surface area contributed by atoms with E-state index in [0.29, 0.717) is 25.9 Å². The number of carbonyl (C=O) groups excluding carboxylic acids is 1. The number of amides is 1. The van der Waals surface area contributed by atoms with Crippen molar-refractivity contribution >= 4 is 16.9 Å². The third-order valence-electron chi connectivity index (χ3n) is 5.28. The fourth-order valence-corrected chi connectivity index (χ4v) is 3.90. The Hall–Kier alpha value is -3.55. The maximum absolute atomic E-state index is 12.8. The van der Waals surface area contributed by atoms with Crippen LogP contribution >= 0.6 is 0 Å². The van der Waals surface area contributed by atoms with E-state index in [4.69, 9.17) is 0 Å². The number of hydrogen-bond acceptors (Lipinski definition) is 5. The van der Waals surface area contributed by atoms with Crippen LogP contribution < -0.4 is 0 Å². The van der Waals surface area contributed by atoms with Gasteiger partial charge in [-0.3, -0.25) is 9.78 Å². The standard InChI is InChI=1S/C21H21N7O/c1-14-12-27(13-19-25-26-21(28(14)19)17-8-4-5-11-22-17)20(29)10-9-18-23-15-6-2-3-7-16(15)24-18/h2-8,11,14H,9-10,12-13H2,1H3,(H,23,24)/t14-/m0/s1. The molecule has 8 nitrogen and oxygen atoms in total. The predicted octanol–water partition coefficient (Wildman–Crippen LogP) is 2.75. The van der Waals surface area contributed by atoms with Crippen LogP contribution in [0.1, 0.15) is 31.0 Å². The van der Waals surface area contributed by atoms with Crippen LogP contribution in [0.15, 0.2) is 48.7 Å². The zero-order valence-electron chi connectivity index (χ0n) is 16.1. The average Bonchev–Trinajstić information content (AvgIpc) is 3.36. The van der Waals surface area contributed by atoms with Crippen LogP contribution in [0.5, 0.6) is 0 Å². The lowest BCUT2D eigenvalue weighted by molar-refractivity contribution is -0.133. The number of imidazole rings is 1. The summed E-state index contributed by atoms with van der Waals surface area (Å²) >= 11 is 0. The Bertz CT molecular complexity index is 1130. The Morgan fingerprint density at radius 1 is 1.17 bits per heavy atom. The number of hydrogen-bond donors (Lipinski definition) is 1. The summed E-state index contributed by atoms with van der Waals surface area (Å²) in [6.07, 6.45) is 2.75. The fourth-order valence-electron chi connectivity index (χ4n) is 3.90. The van der Waals surface area contributed by atoms with Gasteiger partial charge in [-0.25, -0.2) is 4.98 Å². The maximum atomic E-state index is 12.8. The number of nitrogens with one attached hydrogen (secondary N) is 1. The van der Waals surface area contributed by atoms with Gasteiger partial charge >= 0.3 is 0 Å². The van der Waals surface area contributed by atoms with E-state index in [2.05, 4.69) is 36.6 Å². The highest BCUT2D eigenvalue weighted by Gasteiger charge is 2.29. The van der Waals surface area contributed by atoms with Gasteiger partial charge in [0.1, 0.15) is 11.5 Å². The topological polar surface area (TPSA) is 92.6 Å². The molecule has 1 amide bonds. The fraction of sp³-hybridized carbons (Fsp3) is 0.286. The first-order valence-electron chi connectivity index (χ1n) is 9.75. The minimum atomic E-state index is 0.0842. The Balaban J connectivity index is 1.29. The van der Waals surface area contributed by atoms with Crippen LogP contribution in [0.4, 0.5) is 0 Å². The molecule has 0 unspecified atom stereocenters. The third kappa shape index (κ3) is 3.26. The number of fused-ring (bicyclic) bond motifs is 2. The van der Waals surface area contributed by atoms with Gasteiger partial charge in [0.15, 0.2) is 11.6 Å². The highest BCUT2D eigenvalue weighted by molar-refractivity contribution is 5.77. The largest absolute Gasteiger partial charge is 0.342 e. The summed E-state index contributed by atoms with van der Waals surface area (Å²) in [5.74, 6) is 2.49. The minimum absolute atomic E-state index is 0.0842. The molecule has 4 aromatic rings. The number of aromatic amines is 1. The van der Waals surface area contributed by atoms with Crippen LogP contribution in [-0.2, 0) is 17.8 Å². The molecule has 0 saturated heterocycles. The molecule has 1 aliphatic heterocycles. The summed E-state index contributed by atoms with van der Waals surface area (Å²) in [7, 11) is 0. The zero-order chi connectivity index (χ0) is 19.8. The van der Waals surface area contributed by atoms with E-state index in [-0.39, 0.29) is 11.9 Å². The lowest BCUT2D eigenvalue weighted by Gasteiger charge is -2.32. The molecule has 8 heteroatoms. The molecule has 4 heterocycles. The van der Waals surface area contributed by atoms with Gasteiger partial charge in [-0.1, -0.05) is 18.2 Å². The van der Waals surface area contributed by atoms with Crippen molar-refractivity contribution < 1.29 is 4.79 Å². The van der Waals surface area contributed by atoms with E-state index in [9.17, 15) is 4.79 Å². The van der Waals surface area contributed by atoms with Gasteiger partial charge < -0.3 is 14.5 Å². The lowest BCUT2D eigenvalue weighted by atomic mass is 10.2. The molecule has 0 saturated carbocycles.